The van der Waals surface area contributed by atoms with Crippen LogP contribution >= 0.6 is 0 Å². The highest BCUT2D eigenvalue weighted by molar-refractivity contribution is 5.77. The van der Waals surface area contributed by atoms with Crippen LogP contribution in [0, 0.1) is 70.9 Å². The van der Waals surface area contributed by atoms with Crippen molar-refractivity contribution < 1.29 is 156 Å². The number of hydrogen-bond donors (Lipinski definition) is 4. The molecule has 8 aliphatic rings. The van der Waals surface area contributed by atoms with Crippen LogP contribution in [-0.2, 0) is 63.6 Å². The van der Waals surface area contributed by atoms with Crippen LogP contribution in [0.4, 0.5) is 0 Å². The molecule has 24 nitrogen and oxygen atoms in total. The molecular formula is C96H152N8O16. The molecule has 12 rings (SSSR count). The van der Waals surface area contributed by atoms with Gasteiger partial charge in [0.15, 0.2) is 46.0 Å². The van der Waals surface area contributed by atoms with E-state index in [0.717, 1.165) is 61.0 Å². The summed E-state index contributed by atoms with van der Waals surface area (Å²) in [4.78, 5) is 55.0. The molecule has 4 aromatic rings. The molecule has 4 fully saturated rings. The Labute approximate surface area is 800 Å². The molecule has 0 bridgehead atoms. The average Bonchev–Trinajstić information content (AvgIpc) is 0.680. The van der Waals surface area contributed by atoms with Gasteiger partial charge >= 0.3 is 23.9 Å². The van der Waals surface area contributed by atoms with Gasteiger partial charge in [-0.15, -0.1) is 0 Å². The number of piperidine rings is 4. The van der Waals surface area contributed by atoms with Gasteiger partial charge in [0.1, 0.15) is 48.6 Å². The van der Waals surface area contributed by atoms with Gasteiger partial charge in [-0.2, -0.15) is 0 Å². The maximum absolute atomic E-state index is 13.2. The predicted octanol–water partition coefficient (Wildman–Crippen LogP) is 14.3. The summed E-state index contributed by atoms with van der Waals surface area (Å²) in [5.74, 6) is -29.6. The molecule has 672 valence electrons. The van der Waals surface area contributed by atoms with E-state index in [2.05, 4.69) is 0 Å². The SMILES string of the molecule is [2H]c1c(OC)c(OC([2H])([2H])[2H])c([2H])c2c1C1([2H])CC(OC(=O)[C@@H](N)C(C)C)C(C([2H])([2H])C([2H])(C)C([2H])([2H])[2H])CN1C([2H])([2H])C2([2H])[2H].[2H]c1c(OC)c(OC([2H])([2H])[2H])c([2H])c2c1C1CC([2H])(OC(=O)[C@@H](N)C(C)C)C(C([2H])([2H])C([2H])(C)C([2H])([2H])[2H])CN1C([2H])([2H])C2([2H])[2H].[2H]c1c(OC)c(OC)c([2H])c2c1C1([2H])CC(OC(=O)[C@@H](N)C(C)C)C(C([2H])([2H])C([2H])(C)C([2H])([2H])[2H])CN1C([2H])([2H])C2([2H])[2H].[2H]c1c(OC)c(OC)c([2H])c2c1C1([2H])CC(OC(=O)[C@@H](N)C(C)C)C(C([2H])([2H])C([2H])(C)C([2H])([2H])[2H])CN1C([2H])([2H])C2([2H])[2H]. The summed E-state index contributed by atoms with van der Waals surface area (Å²) < 4.78 is 558. The molecule has 20 atom stereocenters. The maximum Gasteiger partial charge on any atom is 0.323 e. The van der Waals surface area contributed by atoms with Gasteiger partial charge in [0.25, 0.3) is 0 Å². The highest BCUT2D eigenvalue weighted by Gasteiger charge is 2.47. The molecule has 0 saturated carbocycles. The Morgan fingerprint density at radius 2 is 0.633 bits per heavy atom. The first-order chi connectivity index (χ1) is 79.4. The quantitative estimate of drug-likeness (QED) is 0.0303. The Balaban J connectivity index is 0.000000259. The van der Waals surface area contributed by atoms with Crippen molar-refractivity contribution in [2.75, 3.05) is 109 Å². The Hall–Kier alpha value is -7.16. The Kier molecular flexibility index (Phi) is 16.2. The normalized spacial score (nSPS) is 40.9. The number of ether oxygens (including phenoxy) is 12. The number of nitrogens with two attached hydrogens (primary N) is 4. The first kappa shape index (κ1) is 44.1. The lowest BCUT2D eigenvalue weighted by molar-refractivity contribution is -0.161. The predicted molar refractivity (Wildman–Crippen MR) is 471 cm³/mol. The molecular weight excluding hydrogens is 1520 g/mol. The summed E-state index contributed by atoms with van der Waals surface area (Å²) >= 11 is 0. The first-order valence-corrected chi connectivity index (χ1v) is 38.7. The molecule has 0 amide bonds. The lowest BCUT2D eigenvalue weighted by Gasteiger charge is -2.47. The molecule has 16 unspecified atom stereocenters. The molecule has 0 aliphatic carbocycles. The number of hydrogen-bond acceptors (Lipinski definition) is 24. The summed E-state index contributed by atoms with van der Waals surface area (Å²) in [5.41, 5.74) is 18.8. The van der Waals surface area contributed by atoms with Crippen molar-refractivity contribution in [3.05, 3.63) is 92.8 Å². The standard InChI is InChI=1S/4C24H38N2O4/c4*1-14(2)9-17-13-26-8-7-16-10-21(28-5)22(29-6)11-18(16)19(26)12-20(17)30-24(27)23(25)15(3)4/h4*10-11,14-15,17,19-20,23H,7-9,12-13,25H2,1-6H3/t4*17?,19?,20?,23-/m0000/s1/i1D3,5D3,7D2,8D2,9D2,10D,11D,14D,20D;1D3,5D3,7D2,8D2,9D2,10D,11D,14D,19D;2*1D3,7D2,8D2,9D2,10D,11D,14D,19D/t4*14?,17?,19?,20?,23-. The topological polar surface area (TPSA) is 296 Å². The zero-order chi connectivity index (χ0) is 139. The van der Waals surface area contributed by atoms with E-state index in [-0.39, 0.29) is 23.0 Å². The number of rotatable bonds is 28. The lowest BCUT2D eigenvalue weighted by Crippen LogP contribution is -2.51. The van der Waals surface area contributed by atoms with Gasteiger partial charge in [-0.05, 0) is 191 Å². The lowest BCUT2D eigenvalue weighted by atomic mass is 9.79. The van der Waals surface area contributed by atoms with Crippen LogP contribution in [0.15, 0.2) is 48.3 Å². The fraction of sp³-hybridized carbons (Fsp3) is 0.708. The second-order valence-corrected chi connectivity index (χ2v) is 30.5. The van der Waals surface area contributed by atoms with Crippen molar-refractivity contribution >= 4 is 23.9 Å². The second-order valence-electron chi connectivity index (χ2n) is 30.5. The van der Waals surface area contributed by atoms with Crippen molar-refractivity contribution in [1.29, 1.82) is 0 Å². The van der Waals surface area contributed by atoms with Gasteiger partial charge in [-0.1, -0.05) is 110 Å². The Morgan fingerprint density at radius 3 is 0.917 bits per heavy atom. The summed E-state index contributed by atoms with van der Waals surface area (Å²) in [6.45, 7) is -13.5. The van der Waals surface area contributed by atoms with E-state index in [0.29, 0.717) is 14.7 Å². The third kappa shape index (κ3) is 23.8. The van der Waals surface area contributed by atoms with Crippen molar-refractivity contribution in [2.24, 2.45) is 93.9 Å². The maximum atomic E-state index is 13.2. The third-order valence-electron chi connectivity index (χ3n) is 20.4. The Morgan fingerprint density at radius 1 is 0.383 bits per heavy atom. The fourth-order valence-electron chi connectivity index (χ4n) is 13.7. The average molecular weight is 1730 g/mol. The van der Waals surface area contributed by atoms with Crippen LogP contribution in [-0.4, -0.2) is 201 Å². The second kappa shape index (κ2) is 43.9. The van der Waals surface area contributed by atoms with E-state index in [1.165, 1.54) is 14.2 Å². The molecule has 4 saturated heterocycles. The van der Waals surface area contributed by atoms with Crippen LogP contribution in [0.2, 0.25) is 0 Å². The minimum atomic E-state index is -3.31. The smallest absolute Gasteiger partial charge is 0.323 e. The van der Waals surface area contributed by atoms with Gasteiger partial charge in [-0.25, -0.2) is 0 Å². The van der Waals surface area contributed by atoms with Crippen LogP contribution in [0.5, 0.6) is 46.0 Å². The number of nitrogens with zero attached hydrogens (tertiary/aromatic N) is 4. The van der Waals surface area contributed by atoms with Crippen LogP contribution < -0.4 is 60.8 Å². The number of methoxy groups -OCH3 is 8. The summed E-state index contributed by atoms with van der Waals surface area (Å²) in [6.07, 6.45) is -36.4. The van der Waals surface area contributed by atoms with Gasteiger partial charge in [0.05, 0.1) is 81.4 Å². The van der Waals surface area contributed by atoms with Gasteiger partial charge in [0, 0.05) is 180 Å². The summed E-state index contributed by atoms with van der Waals surface area (Å²) in [6, 6.07) is -20.2. The number of benzene rings is 4. The minimum Gasteiger partial charge on any atom is -0.493 e. The van der Waals surface area contributed by atoms with Gasteiger partial charge in [-0.3, -0.25) is 38.8 Å². The van der Waals surface area contributed by atoms with Gasteiger partial charge in [0.2, 0.25) is 0 Å². The molecule has 0 radical (unpaired) electrons. The molecule has 8 heterocycles. The summed E-state index contributed by atoms with van der Waals surface area (Å²) in [5, 5.41) is 0. The van der Waals surface area contributed by atoms with Crippen LogP contribution in [0.1, 0.15) is 310 Å². The Bertz CT molecular complexity index is 6660. The minimum absolute atomic E-state index is 0.329. The molecule has 0 aromatic heterocycles. The van der Waals surface area contributed by atoms with Crippen molar-refractivity contribution in [1.82, 2.24) is 19.6 Å². The number of carbonyl (C=O) groups is 4. The summed E-state index contributed by atoms with van der Waals surface area (Å²) in [7, 11) is 0.273. The first-order valence-electron chi connectivity index (χ1n) is 67.7. The molecule has 0 spiro atoms. The molecule has 24 heteroatoms. The molecule has 8 aliphatic heterocycles. The van der Waals surface area contributed by atoms with Crippen molar-refractivity contribution in [3.63, 3.8) is 0 Å². The highest BCUT2D eigenvalue weighted by Crippen LogP contribution is 2.50. The van der Waals surface area contributed by atoms with E-state index in [9.17, 15) is 24.7 Å². The van der Waals surface area contributed by atoms with E-state index < -0.39 is 454 Å². The van der Waals surface area contributed by atoms with E-state index in [1.54, 1.807) is 55.4 Å². The monoisotopic (exact) mass is 1730 g/mol. The van der Waals surface area contributed by atoms with Crippen LogP contribution in [0.3, 0.4) is 0 Å². The number of carbonyl (C=O) groups excluding carboxylic acids is 4. The van der Waals surface area contributed by atoms with E-state index in [4.69, 9.17) is 154 Å². The van der Waals surface area contributed by atoms with Crippen molar-refractivity contribution in [2.45, 2.75) is 260 Å². The van der Waals surface area contributed by atoms with E-state index in [1.807, 2.05) is 0 Å². The van der Waals surface area contributed by atoms with Crippen LogP contribution in [0.25, 0.3) is 0 Å². The fourth-order valence-corrected chi connectivity index (χ4v) is 13.7. The largest absolute Gasteiger partial charge is 0.493 e. The molecule has 4 aromatic carbocycles. The zero-order valence-corrected chi connectivity index (χ0v) is 70.5. The molecule has 120 heavy (non-hydrogen) atoms. The van der Waals surface area contributed by atoms with E-state index >= 15 is 0 Å². The van der Waals surface area contributed by atoms with Gasteiger partial charge < -0.3 is 79.8 Å². The third-order valence-corrected chi connectivity index (χ3v) is 20.4. The zero-order valence-electron chi connectivity index (χ0n) is 129. The molecule has 8 N–H and O–H groups in total. The number of fused-ring (bicyclic) bond motifs is 12. The highest BCUT2D eigenvalue weighted by atomic mass is 16.6. The number of esters is 4. The van der Waals surface area contributed by atoms with Crippen molar-refractivity contribution in [3.8, 4) is 46.0 Å².